The fraction of sp³-hybridized carbons (Fsp3) is 0.0769. The van der Waals surface area contributed by atoms with E-state index in [1.807, 2.05) is 35.1 Å². The van der Waals surface area contributed by atoms with Crippen LogP contribution < -0.4 is 0 Å². The minimum atomic E-state index is 0.879. The summed E-state index contributed by atoms with van der Waals surface area (Å²) in [5.74, 6) is 0. The van der Waals surface area contributed by atoms with Crippen LogP contribution in [0.5, 0.6) is 0 Å². The Kier molecular flexibility index (Phi) is 3.21. The molecule has 0 unspecified atom stereocenters. The number of hydrogen-bond acceptors (Lipinski definition) is 7. The zero-order valence-electron chi connectivity index (χ0n) is 10.9. The number of aromatic nitrogens is 5. The van der Waals surface area contributed by atoms with Gasteiger partial charge in [-0.1, -0.05) is 11.3 Å². The molecule has 21 heavy (non-hydrogen) atoms. The molecule has 0 bridgehead atoms. The number of thiazole rings is 1. The number of hydrogen-bond donors (Lipinski definition) is 0. The van der Waals surface area contributed by atoms with Crippen LogP contribution >= 0.6 is 34.4 Å². The number of nitrogens with zero attached hydrogens (tertiary/aromatic N) is 5. The summed E-state index contributed by atoms with van der Waals surface area (Å²) in [6.07, 6.45) is 5.49. The van der Waals surface area contributed by atoms with Gasteiger partial charge < -0.3 is 0 Å². The zero-order chi connectivity index (χ0) is 14.2. The maximum Gasteiger partial charge on any atom is 0.213 e. The quantitative estimate of drug-likeness (QED) is 0.572. The van der Waals surface area contributed by atoms with E-state index in [0.717, 1.165) is 30.6 Å². The fourth-order valence-corrected chi connectivity index (χ4v) is 4.79. The molecule has 0 amide bonds. The van der Waals surface area contributed by atoms with Gasteiger partial charge in [0.2, 0.25) is 4.96 Å². The van der Waals surface area contributed by atoms with E-state index in [-0.39, 0.29) is 0 Å². The molecule has 0 spiro atoms. The van der Waals surface area contributed by atoms with Crippen LogP contribution in [-0.4, -0.2) is 24.6 Å². The third-order valence-corrected chi connectivity index (χ3v) is 5.78. The lowest BCUT2D eigenvalue weighted by atomic mass is 10.2. The van der Waals surface area contributed by atoms with E-state index in [2.05, 4.69) is 20.1 Å². The number of pyridine rings is 1. The van der Waals surface area contributed by atoms with Crippen LogP contribution in [-0.2, 0) is 0 Å². The largest absolute Gasteiger partial charge is 0.264 e. The van der Waals surface area contributed by atoms with Gasteiger partial charge in [0.25, 0.3) is 0 Å². The Morgan fingerprint density at radius 3 is 2.90 bits per heavy atom. The smallest absolute Gasteiger partial charge is 0.213 e. The maximum absolute atomic E-state index is 4.60. The van der Waals surface area contributed by atoms with Gasteiger partial charge in [-0.05, 0) is 30.8 Å². The monoisotopic (exact) mass is 331 g/mol. The Morgan fingerprint density at radius 2 is 2.19 bits per heavy atom. The van der Waals surface area contributed by atoms with Crippen molar-refractivity contribution in [1.29, 1.82) is 0 Å². The average molecular weight is 331 g/mol. The fourth-order valence-electron chi connectivity index (χ4n) is 1.83. The summed E-state index contributed by atoms with van der Waals surface area (Å²) in [5.41, 5.74) is 2.94. The molecule has 104 valence electrons. The van der Waals surface area contributed by atoms with Gasteiger partial charge in [-0.15, -0.1) is 16.4 Å². The van der Waals surface area contributed by atoms with Crippen LogP contribution in [0.4, 0.5) is 0 Å². The lowest BCUT2D eigenvalue weighted by molar-refractivity contribution is 0.915. The summed E-state index contributed by atoms with van der Waals surface area (Å²) in [4.78, 5) is 14.0. The van der Waals surface area contributed by atoms with E-state index in [4.69, 9.17) is 0 Å². The topological polar surface area (TPSA) is 56.0 Å². The number of rotatable bonds is 3. The highest BCUT2D eigenvalue weighted by atomic mass is 32.2. The van der Waals surface area contributed by atoms with E-state index < -0.39 is 0 Å². The Bertz CT molecular complexity index is 861. The third kappa shape index (κ3) is 2.57. The summed E-state index contributed by atoms with van der Waals surface area (Å²) in [5, 5.41) is 6.59. The third-order valence-electron chi connectivity index (χ3n) is 2.75. The van der Waals surface area contributed by atoms with Crippen molar-refractivity contribution in [3.05, 3.63) is 41.8 Å². The van der Waals surface area contributed by atoms with Crippen LogP contribution in [0.15, 0.2) is 44.8 Å². The number of imidazole rings is 1. The van der Waals surface area contributed by atoms with Crippen LogP contribution in [0.3, 0.4) is 0 Å². The second kappa shape index (κ2) is 5.21. The average Bonchev–Trinajstić information content (AvgIpc) is 3.15. The molecule has 8 heteroatoms. The maximum atomic E-state index is 4.60. The Hall–Kier alpha value is -1.77. The molecule has 0 aromatic carbocycles. The summed E-state index contributed by atoms with van der Waals surface area (Å²) < 4.78 is 3.78. The van der Waals surface area contributed by atoms with E-state index in [0.29, 0.717) is 0 Å². The van der Waals surface area contributed by atoms with E-state index in [1.54, 1.807) is 46.8 Å². The molecule has 4 aromatic rings. The first-order chi connectivity index (χ1) is 10.3. The van der Waals surface area contributed by atoms with Crippen molar-refractivity contribution in [3.8, 4) is 11.3 Å². The van der Waals surface area contributed by atoms with Gasteiger partial charge in [-0.2, -0.15) is 0 Å². The first-order valence-electron chi connectivity index (χ1n) is 6.14. The lowest BCUT2D eigenvalue weighted by Crippen LogP contribution is -1.81. The van der Waals surface area contributed by atoms with E-state index in [1.165, 1.54) is 0 Å². The van der Waals surface area contributed by atoms with Crippen molar-refractivity contribution in [1.82, 2.24) is 24.6 Å². The second-order valence-corrected chi connectivity index (χ2v) is 7.63. The Labute approximate surface area is 132 Å². The molecule has 4 heterocycles. The predicted molar refractivity (Wildman–Crippen MR) is 85.1 cm³/mol. The van der Waals surface area contributed by atoms with Gasteiger partial charge >= 0.3 is 0 Å². The molecule has 4 aromatic heterocycles. The Balaban J connectivity index is 1.64. The van der Waals surface area contributed by atoms with E-state index >= 15 is 0 Å². The van der Waals surface area contributed by atoms with Crippen molar-refractivity contribution in [3.63, 3.8) is 0 Å². The molecule has 0 saturated heterocycles. The second-order valence-electron chi connectivity index (χ2n) is 4.32. The zero-order valence-corrected chi connectivity index (χ0v) is 13.4. The first-order valence-corrected chi connectivity index (χ1v) is 8.66. The van der Waals surface area contributed by atoms with E-state index in [9.17, 15) is 0 Å². The Morgan fingerprint density at radius 1 is 1.24 bits per heavy atom. The molecular weight excluding hydrogens is 322 g/mol. The molecule has 0 aliphatic rings. The van der Waals surface area contributed by atoms with Crippen molar-refractivity contribution in [2.75, 3.05) is 0 Å². The van der Waals surface area contributed by atoms with Crippen molar-refractivity contribution in [2.45, 2.75) is 15.6 Å². The minimum absolute atomic E-state index is 0.879. The van der Waals surface area contributed by atoms with Crippen LogP contribution in [0.25, 0.3) is 16.2 Å². The van der Waals surface area contributed by atoms with Gasteiger partial charge in [0.05, 0.1) is 11.9 Å². The molecular formula is C13H9N5S3. The molecule has 0 radical (unpaired) electrons. The number of aryl methyl sites for hydroxylation is 1. The van der Waals surface area contributed by atoms with Crippen molar-refractivity contribution >= 4 is 39.4 Å². The summed E-state index contributed by atoms with van der Waals surface area (Å²) in [6.45, 7) is 2.00. The van der Waals surface area contributed by atoms with Gasteiger partial charge in [0.1, 0.15) is 0 Å². The van der Waals surface area contributed by atoms with Gasteiger partial charge in [0, 0.05) is 29.0 Å². The van der Waals surface area contributed by atoms with Crippen LogP contribution in [0, 0.1) is 6.92 Å². The van der Waals surface area contributed by atoms with Gasteiger partial charge in [-0.3, -0.25) is 4.98 Å². The summed E-state index contributed by atoms with van der Waals surface area (Å²) in [6, 6.07) is 3.90. The summed E-state index contributed by atoms with van der Waals surface area (Å²) in [7, 11) is 0. The lowest BCUT2D eigenvalue weighted by Gasteiger charge is -1.92. The van der Waals surface area contributed by atoms with Gasteiger partial charge in [0.15, 0.2) is 8.68 Å². The molecule has 0 aliphatic heterocycles. The predicted octanol–water partition coefficient (Wildman–Crippen LogP) is 3.77. The first kappa shape index (κ1) is 12.9. The molecule has 0 saturated carbocycles. The van der Waals surface area contributed by atoms with Crippen molar-refractivity contribution in [2.24, 2.45) is 0 Å². The normalized spacial score (nSPS) is 11.3. The molecule has 5 nitrogen and oxygen atoms in total. The molecule has 0 fully saturated rings. The highest BCUT2D eigenvalue weighted by molar-refractivity contribution is 8.02. The minimum Gasteiger partial charge on any atom is -0.264 e. The molecule has 4 rings (SSSR count). The standard InChI is InChI=1S/C13H9N5S3/c1-8-7-19-12(15-8)21-13-17-18-6-10(16-11(18)20-13)9-3-2-4-14-5-9/h2-7H,1H3. The molecule has 0 N–H and O–H groups in total. The van der Waals surface area contributed by atoms with Crippen LogP contribution in [0.1, 0.15) is 5.69 Å². The van der Waals surface area contributed by atoms with Crippen LogP contribution in [0.2, 0.25) is 0 Å². The molecule has 0 aliphatic carbocycles. The SMILES string of the molecule is Cc1csc(Sc2nn3cc(-c4cccnc4)nc3s2)n1. The summed E-state index contributed by atoms with van der Waals surface area (Å²) >= 11 is 4.79. The highest BCUT2D eigenvalue weighted by Crippen LogP contribution is 2.33. The van der Waals surface area contributed by atoms with Gasteiger partial charge in [-0.25, -0.2) is 14.5 Å². The highest BCUT2D eigenvalue weighted by Gasteiger charge is 2.12. The molecule has 0 atom stereocenters. The van der Waals surface area contributed by atoms with Crippen molar-refractivity contribution < 1.29 is 0 Å². The number of fused-ring (bicyclic) bond motifs is 1.